The quantitative estimate of drug-likeness (QED) is 0.498. The highest BCUT2D eigenvalue weighted by molar-refractivity contribution is 14.2. The Morgan fingerprint density at radius 3 is 2.61 bits per heavy atom. The number of methoxy groups -OCH3 is 1. The van der Waals surface area contributed by atoms with Gasteiger partial charge in [0, 0.05) is 50.2 Å². The van der Waals surface area contributed by atoms with Crippen molar-refractivity contribution >= 4 is 36.6 Å². The Morgan fingerprint density at radius 1 is 1.39 bits per heavy atom. The van der Waals surface area contributed by atoms with Crippen LogP contribution in [-0.4, -0.2) is 24.5 Å². The van der Waals surface area contributed by atoms with Crippen LogP contribution in [0.3, 0.4) is 0 Å². The van der Waals surface area contributed by atoms with Gasteiger partial charge in [0.15, 0.2) is 6.29 Å². The van der Waals surface area contributed by atoms with E-state index < -0.39 is 0 Å². The van der Waals surface area contributed by atoms with E-state index in [9.17, 15) is 9.18 Å². The second-order valence-corrected chi connectivity index (χ2v) is 7.11. The number of fused-ring (bicyclic) bond motifs is 1. The van der Waals surface area contributed by atoms with Crippen LogP contribution in [0.5, 0.6) is 0 Å². The lowest BCUT2D eigenvalue weighted by molar-refractivity contribution is 0.111. The van der Waals surface area contributed by atoms with E-state index in [2.05, 4.69) is 25.9 Å². The van der Waals surface area contributed by atoms with Crippen LogP contribution in [0.2, 0.25) is 0 Å². The fourth-order valence-electron chi connectivity index (χ4n) is 2.92. The van der Waals surface area contributed by atoms with Crippen LogP contribution in [0, 0.1) is 5.82 Å². The van der Waals surface area contributed by atoms with Gasteiger partial charge in [-0.2, -0.15) is 0 Å². The largest absolute Gasteiger partial charge is 0.388 e. The lowest BCUT2D eigenvalue weighted by Crippen LogP contribution is -1.98. The van der Waals surface area contributed by atoms with E-state index in [0.717, 1.165) is 36.8 Å². The van der Waals surface area contributed by atoms with Gasteiger partial charge in [-0.15, -0.1) is 0 Å². The predicted octanol–water partition coefficient (Wildman–Crippen LogP) is 4.82. The van der Waals surface area contributed by atoms with Crippen LogP contribution in [-0.2, 0) is 17.6 Å². The predicted molar refractivity (Wildman–Crippen MR) is 101 cm³/mol. The van der Waals surface area contributed by atoms with Crippen molar-refractivity contribution in [2.75, 3.05) is 14.2 Å². The van der Waals surface area contributed by atoms with Gasteiger partial charge < -0.3 is 4.74 Å². The number of aromatic nitrogens is 1. The summed E-state index contributed by atoms with van der Waals surface area (Å²) in [7, 11) is 4.80. The molecule has 1 aromatic carbocycles. The van der Waals surface area contributed by atoms with Gasteiger partial charge >= 0.3 is 0 Å². The first-order chi connectivity index (χ1) is 11.1. The molecule has 3 rings (SSSR count). The minimum Gasteiger partial charge on any atom is -0.388 e. The van der Waals surface area contributed by atoms with Crippen LogP contribution >= 0.6 is 30.3 Å². The lowest BCUT2D eigenvalue weighted by Gasteiger charge is -2.09. The summed E-state index contributed by atoms with van der Waals surface area (Å²) in [5.41, 5.74) is 4.42. The Balaban J connectivity index is 0.000000595. The third-order valence-electron chi connectivity index (χ3n) is 3.87. The van der Waals surface area contributed by atoms with Crippen LogP contribution in [0.15, 0.2) is 30.3 Å². The normalized spacial score (nSPS) is 15.7. The van der Waals surface area contributed by atoms with E-state index in [1.807, 2.05) is 22.2 Å². The average molecular weight is 447 g/mol. The van der Waals surface area contributed by atoms with Crippen molar-refractivity contribution in [1.29, 1.82) is 0 Å². The molecule has 1 aliphatic rings. The summed E-state index contributed by atoms with van der Waals surface area (Å²) < 4.78 is 19.2. The molecule has 1 unspecified atom stereocenters. The van der Waals surface area contributed by atoms with E-state index in [1.165, 1.54) is 23.4 Å². The highest BCUT2D eigenvalue weighted by Crippen LogP contribution is 2.40. The molecule has 0 spiro atoms. The molecule has 124 valence electrons. The molecule has 1 atom stereocenters. The second-order valence-electron chi connectivity index (χ2n) is 5.43. The number of nitrogens with zero attached hydrogens (tertiary/aromatic N) is 1. The maximum absolute atomic E-state index is 12.9. The number of hydrogen-bond donors (Lipinski definition) is 0. The Hall–Kier alpha value is -0.860. The molecule has 3 nitrogen and oxygen atoms in total. The zero-order valence-electron chi connectivity index (χ0n) is 13.1. The van der Waals surface area contributed by atoms with Crippen molar-refractivity contribution < 1.29 is 13.9 Å². The Labute approximate surface area is 152 Å². The van der Waals surface area contributed by atoms with Gasteiger partial charge in [0.05, 0.1) is 5.69 Å². The van der Waals surface area contributed by atoms with Crippen molar-refractivity contribution in [3.8, 4) is 0 Å². The second kappa shape index (κ2) is 8.84. The summed E-state index contributed by atoms with van der Waals surface area (Å²) in [5.74, 6) is 0.232. The zero-order chi connectivity index (χ0) is 16.8. The van der Waals surface area contributed by atoms with E-state index in [-0.39, 0.29) is 5.82 Å². The molecule has 0 radical (unpaired) electrons. The molecule has 0 N–H and O–H groups in total. The van der Waals surface area contributed by atoms with Gasteiger partial charge in [0.2, 0.25) is 0 Å². The molecule has 6 heteroatoms. The summed E-state index contributed by atoms with van der Waals surface area (Å²) in [6.07, 6.45) is 3.92. The van der Waals surface area contributed by atoms with Gasteiger partial charge in [-0.1, -0.05) is 12.1 Å². The summed E-state index contributed by atoms with van der Waals surface area (Å²) >= 11 is 2.21. The van der Waals surface area contributed by atoms with E-state index in [4.69, 9.17) is 0 Å². The molecule has 0 saturated heterocycles. The minimum atomic E-state index is -0.198. The first-order valence-electron chi connectivity index (χ1n) is 7.27. The summed E-state index contributed by atoms with van der Waals surface area (Å²) in [6.45, 7) is 0. The summed E-state index contributed by atoms with van der Waals surface area (Å²) in [4.78, 5) is 11.1. The summed E-state index contributed by atoms with van der Waals surface area (Å²) in [6, 6.07) is 8.72. The van der Waals surface area contributed by atoms with Gasteiger partial charge in [-0.05, 0) is 54.5 Å². The van der Waals surface area contributed by atoms with E-state index in [1.54, 1.807) is 23.3 Å². The molecule has 1 heterocycles. The Morgan fingerprint density at radius 2 is 2.04 bits per heavy atom. The highest BCUT2D eigenvalue weighted by atomic mass is 127. The third kappa shape index (κ3) is 4.36. The van der Waals surface area contributed by atoms with Gasteiger partial charge in [0.1, 0.15) is 5.82 Å². The lowest BCUT2D eigenvalue weighted by atomic mass is 9.95. The smallest absolute Gasteiger partial charge is 0.167 e. The zero-order valence-corrected chi connectivity index (χ0v) is 16.1. The number of ether oxygens (including phenoxy) is 1. The third-order valence-corrected chi connectivity index (χ3v) is 5.62. The number of aldehydes is 1. The van der Waals surface area contributed by atoms with Crippen molar-refractivity contribution in [2.45, 2.75) is 25.2 Å². The van der Waals surface area contributed by atoms with E-state index >= 15 is 0 Å². The first kappa shape index (κ1) is 18.5. The molecule has 1 aliphatic carbocycles. The topological polar surface area (TPSA) is 31.2 Å². The number of halogens is 2. The van der Waals surface area contributed by atoms with Crippen LogP contribution in [0.4, 0.5) is 4.39 Å². The fraction of sp³-hybridized carbons (Fsp3) is 0.353. The molecular formula is C17H19FINO2S. The van der Waals surface area contributed by atoms with Crippen LogP contribution < -0.4 is 0 Å². The van der Waals surface area contributed by atoms with Crippen LogP contribution in [0.25, 0.3) is 0 Å². The van der Waals surface area contributed by atoms with Crippen molar-refractivity contribution in [1.82, 2.24) is 3.97 Å². The van der Waals surface area contributed by atoms with Crippen molar-refractivity contribution in [3.63, 3.8) is 0 Å². The maximum atomic E-state index is 12.9. The average Bonchev–Trinajstić information content (AvgIpc) is 3.09. The number of carbonyl (C=O) groups is 1. The maximum Gasteiger partial charge on any atom is 0.167 e. The SMILES string of the molecule is COC.O=Cc1cc2c(n1SI)CCC2Cc1ccc(F)cc1. The number of carbonyl (C=O) groups excluding carboxylic acids is 1. The molecular weight excluding hydrogens is 428 g/mol. The van der Waals surface area contributed by atoms with Crippen molar-refractivity contribution in [3.05, 3.63) is 58.7 Å². The van der Waals surface area contributed by atoms with Gasteiger partial charge in [-0.25, -0.2) is 4.39 Å². The molecule has 0 saturated carbocycles. The Kier molecular flexibility index (Phi) is 7.10. The minimum absolute atomic E-state index is 0.198. The van der Waals surface area contributed by atoms with E-state index in [0.29, 0.717) is 5.92 Å². The monoisotopic (exact) mass is 447 g/mol. The standard InChI is InChI=1S/C15H13FINOS.C2H6O/c16-12-4-1-10(2-5-12)7-11-3-6-15-14(11)8-13(9-19)18(15)20-17;1-3-2/h1-2,4-5,8-9,11H,3,6-7H2;1-2H3. The van der Waals surface area contributed by atoms with Crippen molar-refractivity contribution in [2.24, 2.45) is 0 Å². The molecule has 0 bridgehead atoms. The first-order valence-corrected chi connectivity index (χ1v) is 10.6. The number of hydrogen-bond acceptors (Lipinski definition) is 3. The molecule has 1 aromatic heterocycles. The van der Waals surface area contributed by atoms with Crippen LogP contribution in [0.1, 0.15) is 39.6 Å². The molecule has 2 aromatic rings. The summed E-state index contributed by atoms with van der Waals surface area (Å²) in [5, 5.41) is 0. The Bertz CT molecular complexity index is 657. The highest BCUT2D eigenvalue weighted by Gasteiger charge is 2.28. The number of benzene rings is 1. The number of rotatable bonds is 4. The fourth-order valence-corrected chi connectivity index (χ4v) is 4.77. The van der Waals surface area contributed by atoms with Gasteiger partial charge in [-0.3, -0.25) is 8.77 Å². The molecule has 0 amide bonds. The molecule has 23 heavy (non-hydrogen) atoms. The molecule has 0 fully saturated rings. The van der Waals surface area contributed by atoms with Gasteiger partial charge in [0.25, 0.3) is 0 Å². The molecule has 0 aliphatic heterocycles.